The van der Waals surface area contributed by atoms with Crippen LogP contribution in [0.3, 0.4) is 0 Å². The van der Waals surface area contributed by atoms with Gasteiger partial charge in [0.1, 0.15) is 0 Å². The molecule has 0 radical (unpaired) electrons. The summed E-state index contributed by atoms with van der Waals surface area (Å²) in [5.74, 6) is -0.0547. The normalized spacial score (nSPS) is 12.6. The molecule has 0 spiro atoms. The summed E-state index contributed by atoms with van der Waals surface area (Å²) < 4.78 is 0. The summed E-state index contributed by atoms with van der Waals surface area (Å²) >= 11 is 0. The van der Waals surface area contributed by atoms with Gasteiger partial charge in [-0.2, -0.15) is 0 Å². The van der Waals surface area contributed by atoms with Crippen LogP contribution in [0.25, 0.3) is 0 Å². The molecular formula is C13H29NO2. The second-order valence-electron chi connectivity index (χ2n) is 4.98. The first-order valence-electron chi connectivity index (χ1n) is 6.26. The van der Waals surface area contributed by atoms with Crippen LogP contribution in [0.15, 0.2) is 0 Å². The summed E-state index contributed by atoms with van der Waals surface area (Å²) in [6, 6.07) is 0. The van der Waals surface area contributed by atoms with Crippen LogP contribution in [0.5, 0.6) is 0 Å². The summed E-state index contributed by atoms with van der Waals surface area (Å²) in [6.45, 7) is 10.5. The third-order valence-corrected chi connectivity index (χ3v) is 2.88. The number of aliphatic carboxylic acids is 1. The van der Waals surface area contributed by atoms with Crippen molar-refractivity contribution in [2.45, 2.75) is 72.3 Å². The summed E-state index contributed by atoms with van der Waals surface area (Å²) in [6.07, 6.45) is 4.45. The predicted octanol–water partition coefficient (Wildman–Crippen LogP) is 3.42. The third kappa shape index (κ3) is 13.4. The molecule has 16 heavy (non-hydrogen) atoms. The molecule has 0 saturated heterocycles. The van der Waals surface area contributed by atoms with E-state index in [0.717, 1.165) is 19.3 Å². The maximum absolute atomic E-state index is 9.87. The van der Waals surface area contributed by atoms with Crippen LogP contribution in [-0.2, 0) is 4.79 Å². The highest BCUT2D eigenvalue weighted by Crippen LogP contribution is 2.15. The Hall–Kier alpha value is -0.570. The van der Waals surface area contributed by atoms with Gasteiger partial charge in [0, 0.05) is 12.0 Å². The predicted molar refractivity (Wildman–Crippen MR) is 69.5 cm³/mol. The van der Waals surface area contributed by atoms with Gasteiger partial charge in [-0.05, 0) is 26.2 Å². The van der Waals surface area contributed by atoms with Crippen LogP contribution in [0.2, 0.25) is 0 Å². The molecule has 0 heterocycles. The molecule has 0 aromatic heterocycles. The Morgan fingerprint density at radius 2 is 1.81 bits per heavy atom. The van der Waals surface area contributed by atoms with Gasteiger partial charge in [-0.3, -0.25) is 4.79 Å². The number of carbonyl (C=O) groups is 1. The van der Waals surface area contributed by atoms with E-state index in [1.807, 2.05) is 0 Å². The fourth-order valence-corrected chi connectivity index (χ4v) is 1.05. The van der Waals surface area contributed by atoms with Crippen molar-refractivity contribution in [3.63, 3.8) is 0 Å². The summed E-state index contributed by atoms with van der Waals surface area (Å²) in [5, 5.41) is 8.14. The summed E-state index contributed by atoms with van der Waals surface area (Å²) in [4.78, 5) is 9.87. The second kappa shape index (κ2) is 9.64. The van der Waals surface area contributed by atoms with Gasteiger partial charge in [0.05, 0.1) is 0 Å². The number of carboxylic acids is 1. The minimum Gasteiger partial charge on any atom is -0.481 e. The van der Waals surface area contributed by atoms with Crippen molar-refractivity contribution in [1.82, 2.24) is 0 Å². The van der Waals surface area contributed by atoms with E-state index in [2.05, 4.69) is 34.6 Å². The first kappa shape index (κ1) is 17.8. The highest BCUT2D eigenvalue weighted by molar-refractivity contribution is 5.66. The van der Waals surface area contributed by atoms with E-state index < -0.39 is 5.97 Å². The lowest BCUT2D eigenvalue weighted by atomic mass is 9.88. The fraction of sp³-hybridized carbons (Fsp3) is 0.923. The standard InChI is InChI=1S/C7H17N.C6H12O2/c1-5-6(2)7(3,4)8;1-2-3-4-5-6(7)8/h6H,5,8H2,1-4H3;2-5H2,1H3,(H,7,8). The SMILES string of the molecule is CCC(C)C(C)(C)N.CCCCCC(=O)O. The van der Waals surface area contributed by atoms with Gasteiger partial charge in [0.15, 0.2) is 0 Å². The highest BCUT2D eigenvalue weighted by Gasteiger charge is 2.17. The van der Waals surface area contributed by atoms with Gasteiger partial charge < -0.3 is 10.8 Å². The maximum atomic E-state index is 9.87. The lowest BCUT2D eigenvalue weighted by molar-refractivity contribution is -0.137. The minimum atomic E-state index is -0.682. The number of unbranched alkanes of at least 4 members (excludes halogenated alkanes) is 2. The first-order chi connectivity index (χ1) is 7.25. The van der Waals surface area contributed by atoms with Gasteiger partial charge in [-0.1, -0.05) is 40.0 Å². The molecule has 3 heteroatoms. The molecule has 0 fully saturated rings. The first-order valence-corrected chi connectivity index (χ1v) is 6.26. The second-order valence-corrected chi connectivity index (χ2v) is 4.98. The van der Waals surface area contributed by atoms with Crippen molar-refractivity contribution in [3.8, 4) is 0 Å². The largest absolute Gasteiger partial charge is 0.481 e. The number of rotatable bonds is 6. The molecule has 0 aromatic carbocycles. The van der Waals surface area contributed by atoms with Gasteiger partial charge in [0.2, 0.25) is 0 Å². The molecule has 0 rings (SSSR count). The Labute approximate surface area is 100 Å². The zero-order valence-electron chi connectivity index (χ0n) is 11.5. The van der Waals surface area contributed by atoms with E-state index in [9.17, 15) is 4.79 Å². The van der Waals surface area contributed by atoms with Gasteiger partial charge in [-0.25, -0.2) is 0 Å². The quantitative estimate of drug-likeness (QED) is 0.688. The molecule has 1 atom stereocenters. The van der Waals surface area contributed by atoms with E-state index in [-0.39, 0.29) is 5.54 Å². The Morgan fingerprint density at radius 3 is 2.00 bits per heavy atom. The number of carboxylic acid groups (broad SMARTS) is 1. The average Bonchev–Trinajstić information content (AvgIpc) is 2.16. The Balaban J connectivity index is 0. The summed E-state index contributed by atoms with van der Waals surface area (Å²) in [5.41, 5.74) is 5.80. The molecule has 3 N–H and O–H groups in total. The third-order valence-electron chi connectivity index (χ3n) is 2.88. The van der Waals surface area contributed by atoms with Crippen LogP contribution >= 0.6 is 0 Å². The van der Waals surface area contributed by atoms with Crippen molar-refractivity contribution in [2.75, 3.05) is 0 Å². The van der Waals surface area contributed by atoms with E-state index >= 15 is 0 Å². The monoisotopic (exact) mass is 231 g/mol. The number of nitrogens with two attached hydrogens (primary N) is 1. The zero-order chi connectivity index (χ0) is 13.2. The van der Waals surface area contributed by atoms with Gasteiger partial charge in [-0.15, -0.1) is 0 Å². The molecule has 0 aromatic rings. The van der Waals surface area contributed by atoms with E-state index in [1.165, 1.54) is 6.42 Å². The minimum absolute atomic E-state index is 0.00868. The van der Waals surface area contributed by atoms with Crippen LogP contribution in [0.4, 0.5) is 0 Å². The molecule has 0 aliphatic rings. The molecule has 0 amide bonds. The fourth-order valence-electron chi connectivity index (χ4n) is 1.05. The van der Waals surface area contributed by atoms with E-state index in [1.54, 1.807) is 0 Å². The number of hydrogen-bond acceptors (Lipinski definition) is 2. The van der Waals surface area contributed by atoms with Crippen molar-refractivity contribution in [2.24, 2.45) is 11.7 Å². The molecule has 0 bridgehead atoms. The van der Waals surface area contributed by atoms with Crippen LogP contribution in [0.1, 0.15) is 66.7 Å². The molecule has 3 nitrogen and oxygen atoms in total. The molecule has 0 saturated carbocycles. The number of hydrogen-bond donors (Lipinski definition) is 2. The topological polar surface area (TPSA) is 63.3 Å². The molecule has 0 aliphatic carbocycles. The van der Waals surface area contributed by atoms with Crippen molar-refractivity contribution in [1.29, 1.82) is 0 Å². The smallest absolute Gasteiger partial charge is 0.303 e. The van der Waals surface area contributed by atoms with Crippen molar-refractivity contribution >= 4 is 5.97 Å². The van der Waals surface area contributed by atoms with Crippen molar-refractivity contribution in [3.05, 3.63) is 0 Å². The van der Waals surface area contributed by atoms with E-state index in [0.29, 0.717) is 12.3 Å². The Kier molecular flexibility index (Phi) is 10.7. The molecular weight excluding hydrogens is 202 g/mol. The average molecular weight is 231 g/mol. The Bertz CT molecular complexity index is 173. The molecule has 0 aliphatic heterocycles. The maximum Gasteiger partial charge on any atom is 0.303 e. The lowest BCUT2D eigenvalue weighted by Crippen LogP contribution is -2.38. The Morgan fingerprint density at radius 1 is 1.31 bits per heavy atom. The van der Waals surface area contributed by atoms with Crippen LogP contribution < -0.4 is 5.73 Å². The van der Waals surface area contributed by atoms with Crippen LogP contribution in [0, 0.1) is 5.92 Å². The van der Waals surface area contributed by atoms with E-state index in [4.69, 9.17) is 10.8 Å². The zero-order valence-corrected chi connectivity index (χ0v) is 11.5. The van der Waals surface area contributed by atoms with Crippen molar-refractivity contribution < 1.29 is 9.90 Å². The van der Waals surface area contributed by atoms with Gasteiger partial charge >= 0.3 is 5.97 Å². The lowest BCUT2D eigenvalue weighted by Gasteiger charge is -2.25. The molecule has 1 unspecified atom stereocenters. The highest BCUT2D eigenvalue weighted by atomic mass is 16.4. The van der Waals surface area contributed by atoms with Gasteiger partial charge in [0.25, 0.3) is 0 Å². The summed E-state index contributed by atoms with van der Waals surface area (Å²) in [7, 11) is 0. The van der Waals surface area contributed by atoms with Crippen LogP contribution in [-0.4, -0.2) is 16.6 Å². The molecule has 98 valence electrons.